The number of hydrogen-bond donors (Lipinski definition) is 0. The van der Waals surface area contributed by atoms with Crippen molar-refractivity contribution in [1.82, 2.24) is 0 Å². The highest BCUT2D eigenvalue weighted by molar-refractivity contribution is 5.32. The number of hydrogen-bond acceptors (Lipinski definition) is 1. The van der Waals surface area contributed by atoms with Crippen molar-refractivity contribution < 1.29 is 4.74 Å². The fourth-order valence-corrected chi connectivity index (χ4v) is 2.66. The summed E-state index contributed by atoms with van der Waals surface area (Å²) in [6.45, 7) is 8.94. The molecule has 0 bridgehead atoms. The predicted molar refractivity (Wildman–Crippen MR) is 59.1 cm³/mol. The summed E-state index contributed by atoms with van der Waals surface area (Å²) in [4.78, 5) is 0. The van der Waals surface area contributed by atoms with E-state index < -0.39 is 0 Å². The predicted octanol–water partition coefficient (Wildman–Crippen LogP) is 3.32. The molecule has 1 aliphatic carbocycles. The van der Waals surface area contributed by atoms with Crippen molar-refractivity contribution in [3.05, 3.63) is 23.8 Å². The van der Waals surface area contributed by atoms with E-state index in [0.29, 0.717) is 11.8 Å². The van der Waals surface area contributed by atoms with E-state index in [1.54, 1.807) is 0 Å². The Hall–Kier alpha value is -0.560. The normalized spacial score (nSPS) is 47.1. The molecule has 78 valence electrons. The number of ether oxygens (including phenoxy) is 1. The third kappa shape index (κ3) is 1.26. The van der Waals surface area contributed by atoms with Gasteiger partial charge in [-0.1, -0.05) is 26.0 Å². The molecule has 0 aromatic carbocycles. The molecular formula is C13H20O. The lowest BCUT2D eigenvalue weighted by atomic mass is 9.71. The second-order valence-corrected chi connectivity index (χ2v) is 4.86. The van der Waals surface area contributed by atoms with Crippen molar-refractivity contribution in [2.24, 2.45) is 11.8 Å². The summed E-state index contributed by atoms with van der Waals surface area (Å²) >= 11 is 0. The Morgan fingerprint density at radius 3 is 2.64 bits per heavy atom. The van der Waals surface area contributed by atoms with Crippen LogP contribution >= 0.6 is 0 Å². The summed E-state index contributed by atoms with van der Waals surface area (Å²) in [5.74, 6) is 1.31. The largest absolute Gasteiger partial charge is 0.359 e. The highest BCUT2D eigenvalue weighted by Gasteiger charge is 2.44. The monoisotopic (exact) mass is 192 g/mol. The molecule has 0 aromatic heterocycles. The molecule has 4 atom stereocenters. The van der Waals surface area contributed by atoms with Crippen molar-refractivity contribution in [3.63, 3.8) is 0 Å². The van der Waals surface area contributed by atoms with E-state index in [0.717, 1.165) is 0 Å². The Bertz CT molecular complexity index is 290. The number of rotatable bonds is 0. The SMILES string of the molecule is CC1=CC[C@@H](C)[C@H](C)[C@]12C=CC(C)O2. The smallest absolute Gasteiger partial charge is 0.111 e. The van der Waals surface area contributed by atoms with E-state index in [1.165, 1.54) is 12.0 Å². The topological polar surface area (TPSA) is 9.23 Å². The molecule has 0 saturated carbocycles. The van der Waals surface area contributed by atoms with Gasteiger partial charge in [-0.05, 0) is 43.8 Å². The molecule has 2 rings (SSSR count). The summed E-state index contributed by atoms with van der Waals surface area (Å²) < 4.78 is 6.11. The summed E-state index contributed by atoms with van der Waals surface area (Å²) in [5.41, 5.74) is 1.31. The molecular weight excluding hydrogens is 172 g/mol. The van der Waals surface area contributed by atoms with Gasteiger partial charge < -0.3 is 4.74 Å². The van der Waals surface area contributed by atoms with Crippen LogP contribution < -0.4 is 0 Å². The maximum absolute atomic E-state index is 6.11. The van der Waals surface area contributed by atoms with Gasteiger partial charge in [-0.15, -0.1) is 0 Å². The molecule has 14 heavy (non-hydrogen) atoms. The van der Waals surface area contributed by atoms with Gasteiger partial charge in [0, 0.05) is 0 Å². The van der Waals surface area contributed by atoms with Crippen molar-refractivity contribution in [1.29, 1.82) is 0 Å². The fraction of sp³-hybridized carbons (Fsp3) is 0.692. The molecule has 0 aromatic rings. The molecule has 1 nitrogen and oxygen atoms in total. The minimum Gasteiger partial charge on any atom is -0.359 e. The fourth-order valence-electron chi connectivity index (χ4n) is 2.66. The van der Waals surface area contributed by atoms with Gasteiger partial charge in [-0.2, -0.15) is 0 Å². The highest BCUT2D eigenvalue weighted by Crippen LogP contribution is 2.44. The van der Waals surface area contributed by atoms with E-state index in [4.69, 9.17) is 4.74 Å². The second-order valence-electron chi connectivity index (χ2n) is 4.86. The standard InChI is InChI=1S/C13H20O/c1-9-5-6-10(2)13(12(9)4)8-7-11(3)14-13/h6-9,11-12H,5H2,1-4H3/t9-,11?,12+,13+/m1/s1. The van der Waals surface area contributed by atoms with Crippen molar-refractivity contribution in [2.45, 2.75) is 45.8 Å². The Balaban J connectivity index is 2.36. The van der Waals surface area contributed by atoms with E-state index in [1.807, 2.05) is 0 Å². The van der Waals surface area contributed by atoms with Gasteiger partial charge in [0.05, 0.1) is 6.10 Å². The average Bonchev–Trinajstić information content (AvgIpc) is 2.54. The van der Waals surface area contributed by atoms with Crippen LogP contribution in [0.1, 0.15) is 34.1 Å². The minimum atomic E-state index is -0.0862. The average molecular weight is 192 g/mol. The van der Waals surface area contributed by atoms with Crippen LogP contribution in [0.4, 0.5) is 0 Å². The lowest BCUT2D eigenvalue weighted by Crippen LogP contribution is -2.43. The zero-order valence-corrected chi connectivity index (χ0v) is 9.58. The first kappa shape index (κ1) is 9.97. The zero-order chi connectivity index (χ0) is 10.3. The number of allylic oxidation sites excluding steroid dienone is 1. The first-order chi connectivity index (χ1) is 6.56. The molecule has 1 aliphatic heterocycles. The lowest BCUT2D eigenvalue weighted by molar-refractivity contribution is -0.0444. The van der Waals surface area contributed by atoms with Crippen LogP contribution in [0, 0.1) is 11.8 Å². The van der Waals surface area contributed by atoms with Crippen LogP contribution in [0.15, 0.2) is 23.8 Å². The van der Waals surface area contributed by atoms with Crippen LogP contribution in [-0.2, 0) is 4.74 Å². The second kappa shape index (κ2) is 3.23. The molecule has 0 saturated heterocycles. The van der Waals surface area contributed by atoms with E-state index in [9.17, 15) is 0 Å². The summed E-state index contributed by atoms with van der Waals surface area (Å²) in [7, 11) is 0. The molecule has 1 heteroatoms. The molecule has 1 heterocycles. The van der Waals surface area contributed by atoms with Crippen LogP contribution in [0.25, 0.3) is 0 Å². The quantitative estimate of drug-likeness (QED) is 0.535. The van der Waals surface area contributed by atoms with Crippen molar-refractivity contribution in [2.75, 3.05) is 0 Å². The van der Waals surface area contributed by atoms with Crippen molar-refractivity contribution >= 4 is 0 Å². The Kier molecular flexibility index (Phi) is 2.30. The molecule has 0 N–H and O–H groups in total. The minimum absolute atomic E-state index is 0.0862. The van der Waals surface area contributed by atoms with Gasteiger partial charge in [0.15, 0.2) is 0 Å². The maximum atomic E-state index is 6.11. The summed E-state index contributed by atoms with van der Waals surface area (Å²) in [5, 5.41) is 0. The van der Waals surface area contributed by atoms with E-state index in [-0.39, 0.29) is 11.7 Å². The van der Waals surface area contributed by atoms with Crippen LogP contribution in [0.2, 0.25) is 0 Å². The molecule has 0 fully saturated rings. The van der Waals surface area contributed by atoms with Gasteiger partial charge in [-0.3, -0.25) is 0 Å². The van der Waals surface area contributed by atoms with Gasteiger partial charge in [0.25, 0.3) is 0 Å². The summed E-state index contributed by atoms with van der Waals surface area (Å²) in [6.07, 6.45) is 8.26. The van der Waals surface area contributed by atoms with E-state index in [2.05, 4.69) is 45.9 Å². The summed E-state index contributed by atoms with van der Waals surface area (Å²) in [6, 6.07) is 0. The molecule has 0 amide bonds. The first-order valence-corrected chi connectivity index (χ1v) is 5.60. The van der Waals surface area contributed by atoms with Gasteiger partial charge in [0.1, 0.15) is 5.60 Å². The van der Waals surface area contributed by atoms with E-state index >= 15 is 0 Å². The van der Waals surface area contributed by atoms with Crippen LogP contribution in [0.3, 0.4) is 0 Å². The Labute approximate surface area is 86.8 Å². The third-order valence-corrected chi connectivity index (χ3v) is 3.94. The van der Waals surface area contributed by atoms with Gasteiger partial charge >= 0.3 is 0 Å². The molecule has 0 radical (unpaired) electrons. The van der Waals surface area contributed by atoms with Crippen LogP contribution in [-0.4, -0.2) is 11.7 Å². The third-order valence-electron chi connectivity index (χ3n) is 3.94. The Morgan fingerprint density at radius 2 is 2.07 bits per heavy atom. The Morgan fingerprint density at radius 1 is 1.36 bits per heavy atom. The lowest BCUT2D eigenvalue weighted by Gasteiger charge is -2.42. The van der Waals surface area contributed by atoms with Crippen LogP contribution in [0.5, 0.6) is 0 Å². The van der Waals surface area contributed by atoms with Gasteiger partial charge in [0.2, 0.25) is 0 Å². The molecule has 1 unspecified atom stereocenters. The van der Waals surface area contributed by atoms with Gasteiger partial charge in [-0.25, -0.2) is 0 Å². The molecule has 2 aliphatic rings. The first-order valence-electron chi connectivity index (χ1n) is 5.60. The molecule has 1 spiro atoms. The maximum Gasteiger partial charge on any atom is 0.111 e. The van der Waals surface area contributed by atoms with Crippen molar-refractivity contribution in [3.8, 4) is 0 Å². The zero-order valence-electron chi connectivity index (χ0n) is 9.58. The highest BCUT2D eigenvalue weighted by atomic mass is 16.5.